The summed E-state index contributed by atoms with van der Waals surface area (Å²) in [5, 5.41) is 1.75. The van der Waals surface area contributed by atoms with Crippen LogP contribution in [-0.2, 0) is 14.8 Å². The molecule has 2 aliphatic heterocycles. The summed E-state index contributed by atoms with van der Waals surface area (Å²) in [5.74, 6) is -0.631. The molecule has 0 saturated carbocycles. The van der Waals surface area contributed by atoms with Crippen molar-refractivity contribution in [1.29, 1.82) is 0 Å². The summed E-state index contributed by atoms with van der Waals surface area (Å²) in [5.41, 5.74) is 0.516. The van der Waals surface area contributed by atoms with E-state index in [1.807, 2.05) is 0 Å². The molecule has 2 fully saturated rings. The zero-order valence-corrected chi connectivity index (χ0v) is 17.8. The van der Waals surface area contributed by atoms with E-state index in [2.05, 4.69) is 0 Å². The Morgan fingerprint density at radius 3 is 2.66 bits per heavy atom. The van der Waals surface area contributed by atoms with Crippen molar-refractivity contribution in [3.63, 3.8) is 0 Å². The lowest BCUT2D eigenvalue weighted by atomic mass is 9.89. The van der Waals surface area contributed by atoms with Crippen LogP contribution in [0.15, 0.2) is 39.9 Å². The molecule has 1 aromatic heterocycles. The Hall–Kier alpha value is -1.81. The van der Waals surface area contributed by atoms with Crippen LogP contribution in [0.5, 0.6) is 0 Å². The number of aryl methyl sites for hydroxylation is 1. The molecule has 0 radical (unpaired) electrons. The van der Waals surface area contributed by atoms with Crippen LogP contribution >= 0.6 is 11.3 Å². The van der Waals surface area contributed by atoms with Gasteiger partial charge >= 0.3 is 0 Å². The van der Waals surface area contributed by atoms with Crippen molar-refractivity contribution >= 4 is 27.3 Å². The van der Waals surface area contributed by atoms with Gasteiger partial charge in [0.2, 0.25) is 0 Å². The largest absolute Gasteiger partial charge is 0.372 e. The molecule has 2 aromatic rings. The van der Waals surface area contributed by atoms with Gasteiger partial charge in [-0.25, -0.2) is 12.8 Å². The van der Waals surface area contributed by atoms with E-state index in [0.717, 1.165) is 5.56 Å². The first-order chi connectivity index (χ1) is 13.8. The molecule has 1 aromatic carbocycles. The first-order valence-corrected chi connectivity index (χ1v) is 11.9. The molecule has 0 aliphatic carbocycles. The standard InChI is InChI=1S/C20H23FN2O4S2/c1-15-4-5-16(21)13-17(15)19(24)22-8-6-20(7-9-22)14-23(10-11-27-20)29(25,26)18-3-2-12-28-18/h2-5,12-13H,6-11,14H2,1H3. The van der Waals surface area contributed by atoms with Gasteiger partial charge in [-0.15, -0.1) is 11.3 Å². The minimum Gasteiger partial charge on any atom is -0.372 e. The van der Waals surface area contributed by atoms with Crippen molar-refractivity contribution in [2.75, 3.05) is 32.8 Å². The van der Waals surface area contributed by atoms with Gasteiger partial charge in [-0.05, 0) is 48.9 Å². The highest BCUT2D eigenvalue weighted by Crippen LogP contribution is 2.34. The minimum absolute atomic E-state index is 0.198. The van der Waals surface area contributed by atoms with Gasteiger partial charge in [0.05, 0.1) is 12.2 Å². The lowest BCUT2D eigenvalue weighted by Gasteiger charge is -2.46. The first kappa shape index (κ1) is 20.5. The highest BCUT2D eigenvalue weighted by atomic mass is 32.2. The van der Waals surface area contributed by atoms with Gasteiger partial charge in [-0.3, -0.25) is 4.79 Å². The number of piperidine rings is 1. The number of hydrogen-bond donors (Lipinski definition) is 0. The van der Waals surface area contributed by atoms with Gasteiger partial charge in [-0.2, -0.15) is 4.31 Å². The summed E-state index contributed by atoms with van der Waals surface area (Å²) >= 11 is 1.21. The van der Waals surface area contributed by atoms with Crippen LogP contribution in [-0.4, -0.2) is 61.9 Å². The van der Waals surface area contributed by atoms with Crippen LogP contribution in [0.2, 0.25) is 0 Å². The summed E-state index contributed by atoms with van der Waals surface area (Å²) < 4.78 is 47.2. The van der Waals surface area contributed by atoms with Crippen LogP contribution in [0.25, 0.3) is 0 Å². The smallest absolute Gasteiger partial charge is 0.254 e. The molecule has 1 spiro atoms. The van der Waals surface area contributed by atoms with Crippen LogP contribution in [0.1, 0.15) is 28.8 Å². The van der Waals surface area contributed by atoms with Crippen molar-refractivity contribution in [2.24, 2.45) is 0 Å². The third-order valence-electron chi connectivity index (χ3n) is 5.69. The quantitative estimate of drug-likeness (QED) is 0.739. The van der Waals surface area contributed by atoms with Crippen molar-refractivity contribution in [2.45, 2.75) is 29.6 Å². The van der Waals surface area contributed by atoms with E-state index in [4.69, 9.17) is 4.74 Å². The molecule has 1 amide bonds. The highest BCUT2D eigenvalue weighted by molar-refractivity contribution is 7.91. The molecule has 0 N–H and O–H groups in total. The fraction of sp³-hybridized carbons (Fsp3) is 0.450. The van der Waals surface area contributed by atoms with Crippen LogP contribution in [0.3, 0.4) is 0 Å². The number of amides is 1. The number of rotatable bonds is 3. The Balaban J connectivity index is 1.46. The zero-order valence-electron chi connectivity index (χ0n) is 16.1. The maximum absolute atomic E-state index is 13.6. The highest BCUT2D eigenvalue weighted by Gasteiger charge is 2.44. The lowest BCUT2D eigenvalue weighted by Crippen LogP contribution is -2.58. The van der Waals surface area contributed by atoms with E-state index >= 15 is 0 Å². The zero-order chi connectivity index (χ0) is 20.6. The molecule has 29 heavy (non-hydrogen) atoms. The third-order valence-corrected chi connectivity index (χ3v) is 8.91. The van der Waals surface area contributed by atoms with Gasteiger partial charge in [0.25, 0.3) is 15.9 Å². The van der Waals surface area contributed by atoms with Crippen LogP contribution in [0, 0.1) is 12.7 Å². The van der Waals surface area contributed by atoms with Crippen LogP contribution in [0.4, 0.5) is 4.39 Å². The van der Waals surface area contributed by atoms with Crippen LogP contribution < -0.4 is 0 Å². The minimum atomic E-state index is -3.53. The normalized spacial score (nSPS) is 20.1. The van der Waals surface area contributed by atoms with Crippen molar-refractivity contribution in [3.05, 3.63) is 52.7 Å². The van der Waals surface area contributed by atoms with E-state index in [0.29, 0.717) is 48.9 Å². The average molecular weight is 439 g/mol. The van der Waals surface area contributed by atoms with Crippen molar-refractivity contribution in [1.82, 2.24) is 9.21 Å². The molecule has 6 nitrogen and oxygen atoms in total. The molecule has 4 rings (SSSR count). The molecule has 156 valence electrons. The number of morpholine rings is 1. The Morgan fingerprint density at radius 2 is 1.97 bits per heavy atom. The van der Waals surface area contributed by atoms with Gasteiger partial charge < -0.3 is 9.64 Å². The van der Waals surface area contributed by atoms with E-state index in [-0.39, 0.29) is 12.5 Å². The molecule has 2 aliphatic rings. The van der Waals surface area contributed by atoms with Gasteiger partial charge in [0.15, 0.2) is 0 Å². The number of nitrogens with zero attached hydrogens (tertiary/aromatic N) is 2. The Morgan fingerprint density at radius 1 is 1.21 bits per heavy atom. The number of thiophene rings is 1. The monoisotopic (exact) mass is 438 g/mol. The predicted molar refractivity (Wildman–Crippen MR) is 108 cm³/mol. The summed E-state index contributed by atoms with van der Waals surface area (Å²) in [6.07, 6.45) is 1.09. The second kappa shape index (κ2) is 7.79. The predicted octanol–water partition coefficient (Wildman–Crippen LogP) is 2.89. The fourth-order valence-corrected chi connectivity index (χ4v) is 6.61. The molecule has 9 heteroatoms. The molecule has 0 unspecified atom stereocenters. The lowest BCUT2D eigenvalue weighted by molar-refractivity contribution is -0.115. The fourth-order valence-electron chi connectivity index (χ4n) is 3.97. The maximum Gasteiger partial charge on any atom is 0.254 e. The van der Waals surface area contributed by atoms with E-state index < -0.39 is 21.4 Å². The van der Waals surface area contributed by atoms with E-state index in [1.165, 1.54) is 27.8 Å². The number of carbonyl (C=O) groups is 1. The number of benzene rings is 1. The summed E-state index contributed by atoms with van der Waals surface area (Å²) in [6.45, 7) is 3.63. The number of ether oxygens (including phenoxy) is 1. The SMILES string of the molecule is Cc1ccc(F)cc1C(=O)N1CCC2(CC1)CN(S(=O)(=O)c1cccs1)CCO2. The first-order valence-electron chi connectivity index (χ1n) is 9.54. The van der Waals surface area contributed by atoms with Crippen molar-refractivity contribution in [3.8, 4) is 0 Å². The molecule has 2 saturated heterocycles. The molecular weight excluding hydrogens is 415 g/mol. The maximum atomic E-state index is 13.6. The Bertz CT molecular complexity index is 999. The van der Waals surface area contributed by atoms with Gasteiger partial charge in [0.1, 0.15) is 10.0 Å². The van der Waals surface area contributed by atoms with Gasteiger partial charge in [-0.1, -0.05) is 12.1 Å². The number of sulfonamides is 1. The van der Waals surface area contributed by atoms with Crippen molar-refractivity contribution < 1.29 is 22.3 Å². The third kappa shape index (κ3) is 3.96. The second-order valence-electron chi connectivity index (χ2n) is 7.55. The number of halogens is 1. The number of hydrogen-bond acceptors (Lipinski definition) is 5. The topological polar surface area (TPSA) is 66.9 Å². The average Bonchev–Trinajstić information content (AvgIpc) is 3.26. The number of likely N-dealkylation sites (tertiary alicyclic amines) is 1. The van der Waals surface area contributed by atoms with E-state index in [1.54, 1.807) is 35.4 Å². The Kier molecular flexibility index (Phi) is 5.50. The second-order valence-corrected chi connectivity index (χ2v) is 10.7. The summed E-state index contributed by atoms with van der Waals surface area (Å²) in [6, 6.07) is 7.56. The molecule has 3 heterocycles. The summed E-state index contributed by atoms with van der Waals surface area (Å²) in [7, 11) is -3.53. The molecular formula is C20H23FN2O4S2. The van der Waals surface area contributed by atoms with E-state index in [9.17, 15) is 17.6 Å². The van der Waals surface area contributed by atoms with Gasteiger partial charge in [0, 0.05) is 31.7 Å². The summed E-state index contributed by atoms with van der Waals surface area (Å²) in [4.78, 5) is 14.5. The molecule has 0 atom stereocenters. The number of carbonyl (C=O) groups excluding carboxylic acids is 1. The molecule has 0 bridgehead atoms. The Labute approximate surface area is 173 Å².